The Morgan fingerprint density at radius 3 is 2.62 bits per heavy atom. The summed E-state index contributed by atoms with van der Waals surface area (Å²) in [4.78, 5) is 26.9. The Morgan fingerprint density at radius 1 is 1.06 bits per heavy atom. The van der Waals surface area contributed by atoms with Crippen molar-refractivity contribution in [1.82, 2.24) is 19.9 Å². The topological polar surface area (TPSA) is 119 Å². The van der Waals surface area contributed by atoms with Crippen molar-refractivity contribution in [1.29, 1.82) is 0 Å². The lowest BCUT2D eigenvalue weighted by Crippen LogP contribution is -2.12. The summed E-state index contributed by atoms with van der Waals surface area (Å²) in [6.07, 6.45) is 1.66. The van der Waals surface area contributed by atoms with E-state index in [2.05, 4.69) is 25.1 Å². The largest absolute Gasteiger partial charge is 0.460 e. The van der Waals surface area contributed by atoms with Crippen molar-refractivity contribution in [3.8, 4) is 28.5 Å². The predicted molar refractivity (Wildman–Crippen MR) is 117 cm³/mol. The summed E-state index contributed by atoms with van der Waals surface area (Å²) in [5.74, 6) is 0.476. The number of hydrogen-bond acceptors (Lipinski definition) is 6. The van der Waals surface area contributed by atoms with Crippen molar-refractivity contribution in [2.24, 2.45) is 0 Å². The fourth-order valence-electron chi connectivity index (χ4n) is 3.29. The first-order chi connectivity index (χ1) is 15.6. The second kappa shape index (κ2) is 7.88. The van der Waals surface area contributed by atoms with E-state index in [0.29, 0.717) is 28.3 Å². The summed E-state index contributed by atoms with van der Waals surface area (Å²) in [6, 6.07) is 20.0. The van der Waals surface area contributed by atoms with Crippen molar-refractivity contribution in [3.63, 3.8) is 0 Å². The Hall–Kier alpha value is -4.66. The summed E-state index contributed by atoms with van der Waals surface area (Å²) in [6.45, 7) is 1.83. The van der Waals surface area contributed by atoms with Crippen LogP contribution < -0.4 is 11.1 Å². The van der Waals surface area contributed by atoms with Crippen LogP contribution in [0.25, 0.3) is 28.5 Å². The first-order valence-corrected chi connectivity index (χ1v) is 9.76. The van der Waals surface area contributed by atoms with Crippen LogP contribution in [0.5, 0.6) is 0 Å². The monoisotopic (exact) mass is 427 g/mol. The second-order valence-electron chi connectivity index (χ2n) is 7.06. The van der Waals surface area contributed by atoms with Crippen molar-refractivity contribution in [2.75, 3.05) is 5.32 Å². The zero-order valence-electron chi connectivity index (χ0n) is 16.9. The summed E-state index contributed by atoms with van der Waals surface area (Å²) < 4.78 is 11.9. The summed E-state index contributed by atoms with van der Waals surface area (Å²) in [7, 11) is 0. The van der Waals surface area contributed by atoms with Crippen LogP contribution >= 0.6 is 0 Å². The Balaban J connectivity index is 1.50. The molecule has 0 atom stereocenters. The van der Waals surface area contributed by atoms with Crippen molar-refractivity contribution in [3.05, 3.63) is 94.8 Å². The Labute approximate surface area is 181 Å². The third-order valence-corrected chi connectivity index (χ3v) is 4.79. The fourth-order valence-corrected chi connectivity index (χ4v) is 3.29. The minimum Gasteiger partial charge on any atom is -0.460 e. The fraction of sp³-hybridized carbons (Fsp3) is 0.0435. The number of furan rings is 1. The van der Waals surface area contributed by atoms with Gasteiger partial charge in [-0.25, -0.2) is 9.48 Å². The summed E-state index contributed by atoms with van der Waals surface area (Å²) in [5, 5.41) is 11.1. The molecular weight excluding hydrogens is 410 g/mol. The quantitative estimate of drug-likeness (QED) is 0.437. The van der Waals surface area contributed by atoms with Gasteiger partial charge in [-0.05, 0) is 43.3 Å². The van der Waals surface area contributed by atoms with E-state index < -0.39 is 5.76 Å². The molecular formula is C23H17N5O4. The lowest BCUT2D eigenvalue weighted by molar-refractivity contribution is 0.102. The highest BCUT2D eigenvalue weighted by Gasteiger charge is 2.21. The summed E-state index contributed by atoms with van der Waals surface area (Å²) >= 11 is 0. The van der Waals surface area contributed by atoms with E-state index in [0.717, 1.165) is 11.4 Å². The summed E-state index contributed by atoms with van der Waals surface area (Å²) in [5.41, 5.74) is 2.70. The van der Waals surface area contributed by atoms with Crippen LogP contribution in [-0.4, -0.2) is 25.8 Å². The number of carbonyl (C=O) groups excluding carboxylic acids is 1. The number of rotatable bonds is 5. The maximum Gasteiger partial charge on any atom is 0.439 e. The standard InChI is InChI=1S/C23H17N5O4/c1-14-10-11-19(31-14)20-18(13-28(26-20)17-8-3-2-4-9-17)22(29)24-16-7-5-6-15(12-16)21-25-23(30)32-27-21/h2-13H,1H3,(H,24,29)(H,25,27,30). The number of nitrogens with one attached hydrogen (secondary N) is 2. The van der Waals surface area contributed by atoms with E-state index >= 15 is 0 Å². The van der Waals surface area contributed by atoms with Gasteiger partial charge in [-0.15, -0.1) is 0 Å². The molecule has 2 aromatic carbocycles. The predicted octanol–water partition coefficient (Wildman–Crippen LogP) is 4.04. The average Bonchev–Trinajstić information content (AvgIpc) is 3.54. The number of aromatic nitrogens is 4. The molecule has 2 N–H and O–H groups in total. The first-order valence-electron chi connectivity index (χ1n) is 9.76. The van der Waals surface area contributed by atoms with Gasteiger partial charge in [-0.1, -0.05) is 35.5 Å². The highest BCUT2D eigenvalue weighted by molar-refractivity contribution is 6.08. The van der Waals surface area contributed by atoms with E-state index in [-0.39, 0.29) is 11.7 Å². The van der Waals surface area contributed by atoms with Crippen LogP contribution in [0, 0.1) is 6.92 Å². The minimum atomic E-state index is -0.652. The number of hydrogen-bond donors (Lipinski definition) is 2. The number of para-hydroxylation sites is 1. The Kier molecular flexibility index (Phi) is 4.75. The van der Waals surface area contributed by atoms with Gasteiger partial charge in [0.05, 0.1) is 11.3 Å². The number of H-pyrrole nitrogens is 1. The second-order valence-corrected chi connectivity index (χ2v) is 7.06. The highest BCUT2D eigenvalue weighted by atomic mass is 16.5. The molecule has 3 heterocycles. The zero-order valence-corrected chi connectivity index (χ0v) is 16.9. The van der Waals surface area contributed by atoms with Crippen molar-refractivity contribution < 1.29 is 13.7 Å². The van der Waals surface area contributed by atoms with Gasteiger partial charge in [0, 0.05) is 17.4 Å². The van der Waals surface area contributed by atoms with Crippen molar-refractivity contribution >= 4 is 11.6 Å². The molecule has 9 heteroatoms. The van der Waals surface area contributed by atoms with Crippen LogP contribution in [0.1, 0.15) is 16.1 Å². The molecule has 0 radical (unpaired) electrons. The number of anilines is 1. The molecule has 0 spiro atoms. The maximum atomic E-state index is 13.2. The number of aryl methyl sites for hydroxylation is 1. The molecule has 158 valence electrons. The third-order valence-electron chi connectivity index (χ3n) is 4.79. The molecule has 0 aliphatic heterocycles. The van der Waals surface area contributed by atoms with Crippen LogP contribution in [0.2, 0.25) is 0 Å². The van der Waals surface area contributed by atoms with Gasteiger partial charge in [0.2, 0.25) is 0 Å². The molecule has 0 fully saturated rings. The number of carbonyl (C=O) groups is 1. The molecule has 1 amide bonds. The molecule has 0 aliphatic carbocycles. The van der Waals surface area contributed by atoms with E-state index in [1.54, 1.807) is 41.2 Å². The van der Waals surface area contributed by atoms with Crippen molar-refractivity contribution in [2.45, 2.75) is 6.92 Å². The highest BCUT2D eigenvalue weighted by Crippen LogP contribution is 2.27. The molecule has 0 bridgehead atoms. The molecule has 0 saturated heterocycles. The van der Waals surface area contributed by atoms with Crippen LogP contribution in [0.3, 0.4) is 0 Å². The van der Waals surface area contributed by atoms with E-state index in [1.807, 2.05) is 43.3 Å². The first kappa shape index (κ1) is 19.3. The SMILES string of the molecule is Cc1ccc(-c2nn(-c3ccccc3)cc2C(=O)Nc2cccc(-c3noc(=O)[nH]3)c2)o1. The molecule has 5 aromatic rings. The molecule has 0 saturated carbocycles. The molecule has 0 aliphatic rings. The van der Waals surface area contributed by atoms with E-state index in [4.69, 9.17) is 4.42 Å². The van der Waals surface area contributed by atoms with Gasteiger partial charge in [0.1, 0.15) is 11.5 Å². The van der Waals surface area contributed by atoms with Crippen LogP contribution in [0.4, 0.5) is 5.69 Å². The minimum absolute atomic E-state index is 0.273. The Morgan fingerprint density at radius 2 is 1.91 bits per heavy atom. The zero-order chi connectivity index (χ0) is 22.1. The molecule has 5 rings (SSSR count). The lowest BCUT2D eigenvalue weighted by atomic mass is 10.1. The average molecular weight is 427 g/mol. The lowest BCUT2D eigenvalue weighted by Gasteiger charge is -2.06. The number of aromatic amines is 1. The number of nitrogens with zero attached hydrogens (tertiary/aromatic N) is 3. The van der Waals surface area contributed by atoms with Crippen LogP contribution in [0.15, 0.2) is 86.7 Å². The third kappa shape index (κ3) is 3.74. The molecule has 32 heavy (non-hydrogen) atoms. The van der Waals surface area contributed by atoms with Gasteiger partial charge < -0.3 is 9.73 Å². The smallest absolute Gasteiger partial charge is 0.439 e. The normalized spacial score (nSPS) is 10.9. The van der Waals surface area contributed by atoms with Crippen LogP contribution in [-0.2, 0) is 0 Å². The van der Waals surface area contributed by atoms with E-state index in [1.165, 1.54) is 0 Å². The molecule has 9 nitrogen and oxygen atoms in total. The van der Waals surface area contributed by atoms with Gasteiger partial charge in [-0.3, -0.25) is 14.3 Å². The number of benzene rings is 2. The van der Waals surface area contributed by atoms with Gasteiger partial charge >= 0.3 is 5.76 Å². The molecule has 3 aromatic heterocycles. The number of amides is 1. The van der Waals surface area contributed by atoms with Gasteiger partial charge in [0.25, 0.3) is 5.91 Å². The maximum absolute atomic E-state index is 13.2. The van der Waals surface area contributed by atoms with Gasteiger partial charge in [-0.2, -0.15) is 5.10 Å². The Bertz CT molecular complexity index is 1460. The van der Waals surface area contributed by atoms with E-state index in [9.17, 15) is 9.59 Å². The van der Waals surface area contributed by atoms with Gasteiger partial charge in [0.15, 0.2) is 11.6 Å². The molecule has 0 unspecified atom stereocenters.